The number of benzene rings is 3. The van der Waals surface area contributed by atoms with Crippen molar-refractivity contribution in [3.8, 4) is 11.6 Å². The number of nitrogens with zero attached hydrogens (tertiary/aromatic N) is 4. The van der Waals surface area contributed by atoms with Crippen LogP contribution in [-0.2, 0) is 13.3 Å². The summed E-state index contributed by atoms with van der Waals surface area (Å²) >= 11 is 9.50. The third-order valence-electron chi connectivity index (χ3n) is 6.15. The van der Waals surface area contributed by atoms with Gasteiger partial charge in [0.1, 0.15) is 12.4 Å². The summed E-state index contributed by atoms with van der Waals surface area (Å²) in [5.41, 5.74) is 2.44. The van der Waals surface area contributed by atoms with E-state index in [2.05, 4.69) is 31.1 Å². The van der Waals surface area contributed by atoms with Crippen LogP contribution in [0.25, 0.3) is 10.9 Å². The first-order valence-corrected chi connectivity index (χ1v) is 12.8. The molecule has 1 amide bonds. The fraction of sp³-hybridized carbons (Fsp3) is 0.222. The smallest absolute Gasteiger partial charge is 0.295 e. The number of azo groups is 1. The highest BCUT2D eigenvalue weighted by atomic mass is 79.9. The average molecular weight is 568 g/mol. The van der Waals surface area contributed by atoms with Gasteiger partial charge in [0.15, 0.2) is 5.69 Å². The van der Waals surface area contributed by atoms with Crippen LogP contribution in [0.5, 0.6) is 11.6 Å². The maximum absolute atomic E-state index is 12.7. The zero-order valence-electron chi connectivity index (χ0n) is 19.4. The standard InChI is InChI=1S/C27H24BrClN4O3/c28-20-8-11-24-23(15-20)25(27(35)33(24)17-32-12-1-2-13-32)30-31-26(34)19-6-9-22(10-7-19)36-16-18-4-3-5-21(29)14-18/h3-11,14-15,35H,1-2,12-13,16-17H2. The second kappa shape index (κ2) is 10.8. The van der Waals surface area contributed by atoms with Gasteiger partial charge in [0.25, 0.3) is 5.91 Å². The minimum absolute atomic E-state index is 0.00341. The van der Waals surface area contributed by atoms with Gasteiger partial charge in [-0.1, -0.05) is 39.7 Å². The number of ether oxygens (including phenoxy) is 1. The van der Waals surface area contributed by atoms with E-state index in [4.69, 9.17) is 16.3 Å². The summed E-state index contributed by atoms with van der Waals surface area (Å²) in [6, 6.07) is 19.9. The fourth-order valence-corrected chi connectivity index (χ4v) is 4.88. The Hall–Kier alpha value is -3.20. The molecule has 1 N–H and O–H groups in total. The molecule has 9 heteroatoms. The zero-order valence-corrected chi connectivity index (χ0v) is 21.7. The average Bonchev–Trinajstić information content (AvgIpc) is 3.48. The second-order valence-electron chi connectivity index (χ2n) is 8.68. The summed E-state index contributed by atoms with van der Waals surface area (Å²) in [6.07, 6.45) is 2.30. The molecule has 0 unspecified atom stereocenters. The molecule has 1 fully saturated rings. The minimum Gasteiger partial charge on any atom is -0.493 e. The number of hydrogen-bond acceptors (Lipinski definition) is 5. The Kier molecular flexibility index (Phi) is 7.36. The first-order valence-electron chi connectivity index (χ1n) is 11.6. The summed E-state index contributed by atoms with van der Waals surface area (Å²) in [4.78, 5) is 15.0. The van der Waals surface area contributed by atoms with E-state index in [0.717, 1.165) is 46.9 Å². The van der Waals surface area contributed by atoms with E-state index in [1.807, 2.05) is 47.0 Å². The van der Waals surface area contributed by atoms with Gasteiger partial charge >= 0.3 is 0 Å². The number of amides is 1. The topological polar surface area (TPSA) is 79.4 Å². The Bertz CT molecular complexity index is 1430. The van der Waals surface area contributed by atoms with E-state index < -0.39 is 5.91 Å². The first-order chi connectivity index (χ1) is 17.5. The van der Waals surface area contributed by atoms with Crippen LogP contribution in [0.3, 0.4) is 0 Å². The Morgan fingerprint density at radius 2 is 1.83 bits per heavy atom. The van der Waals surface area contributed by atoms with Gasteiger partial charge in [-0.15, -0.1) is 10.2 Å². The summed E-state index contributed by atoms with van der Waals surface area (Å²) < 4.78 is 8.44. The molecule has 0 atom stereocenters. The molecule has 5 rings (SSSR count). The van der Waals surface area contributed by atoms with Crippen LogP contribution in [0.4, 0.5) is 5.69 Å². The number of rotatable bonds is 7. The number of carbonyl (C=O) groups is 1. The van der Waals surface area contributed by atoms with Crippen molar-refractivity contribution < 1.29 is 14.6 Å². The summed E-state index contributed by atoms with van der Waals surface area (Å²) in [6.45, 7) is 2.90. The van der Waals surface area contributed by atoms with E-state index in [9.17, 15) is 9.90 Å². The van der Waals surface area contributed by atoms with Crippen molar-refractivity contribution >= 4 is 50.0 Å². The van der Waals surface area contributed by atoms with Gasteiger partial charge in [-0.3, -0.25) is 14.3 Å². The van der Waals surface area contributed by atoms with Crippen LogP contribution in [0.2, 0.25) is 5.02 Å². The molecule has 4 aromatic rings. The number of aromatic hydroxyl groups is 1. The van der Waals surface area contributed by atoms with E-state index in [1.165, 1.54) is 0 Å². The maximum Gasteiger partial charge on any atom is 0.295 e. The van der Waals surface area contributed by atoms with Crippen LogP contribution in [-0.4, -0.2) is 33.6 Å². The molecule has 0 saturated carbocycles. The van der Waals surface area contributed by atoms with Crippen LogP contribution < -0.4 is 4.74 Å². The fourth-order valence-electron chi connectivity index (χ4n) is 4.30. The second-order valence-corrected chi connectivity index (χ2v) is 10.0. The highest BCUT2D eigenvalue weighted by Gasteiger charge is 2.21. The SMILES string of the molecule is O=C(N=Nc1c(O)n(CN2CCCC2)c2ccc(Br)cc12)c1ccc(OCc2cccc(Cl)c2)cc1. The molecule has 1 aliphatic rings. The van der Waals surface area contributed by atoms with E-state index in [1.54, 1.807) is 24.3 Å². The maximum atomic E-state index is 12.7. The molecule has 7 nitrogen and oxygen atoms in total. The van der Waals surface area contributed by atoms with Gasteiger partial charge in [-0.2, -0.15) is 0 Å². The Morgan fingerprint density at radius 1 is 1.06 bits per heavy atom. The zero-order chi connectivity index (χ0) is 25.1. The van der Waals surface area contributed by atoms with Gasteiger partial charge in [0.2, 0.25) is 5.88 Å². The van der Waals surface area contributed by atoms with Crippen molar-refractivity contribution in [2.24, 2.45) is 10.2 Å². The number of aromatic nitrogens is 1. The van der Waals surface area contributed by atoms with Crippen molar-refractivity contribution in [1.29, 1.82) is 0 Å². The monoisotopic (exact) mass is 566 g/mol. The molecule has 0 spiro atoms. The molecule has 0 bridgehead atoms. The lowest BCUT2D eigenvalue weighted by atomic mass is 10.2. The number of fused-ring (bicyclic) bond motifs is 1. The van der Waals surface area contributed by atoms with E-state index in [-0.39, 0.29) is 11.6 Å². The van der Waals surface area contributed by atoms with Crippen LogP contribution in [0.15, 0.2) is 81.4 Å². The molecule has 0 radical (unpaired) electrons. The Balaban J connectivity index is 1.32. The normalized spacial score (nSPS) is 14.2. The molecule has 1 aliphatic heterocycles. The van der Waals surface area contributed by atoms with Crippen LogP contribution >= 0.6 is 27.5 Å². The lowest BCUT2D eigenvalue weighted by Gasteiger charge is -2.17. The van der Waals surface area contributed by atoms with Gasteiger partial charge in [-0.05, 0) is 86.1 Å². The number of likely N-dealkylation sites (tertiary alicyclic amines) is 1. The van der Waals surface area contributed by atoms with Gasteiger partial charge in [-0.25, -0.2) is 0 Å². The van der Waals surface area contributed by atoms with Gasteiger partial charge < -0.3 is 9.84 Å². The molecule has 36 heavy (non-hydrogen) atoms. The van der Waals surface area contributed by atoms with Crippen molar-refractivity contribution in [3.63, 3.8) is 0 Å². The van der Waals surface area contributed by atoms with E-state index >= 15 is 0 Å². The number of hydrogen-bond donors (Lipinski definition) is 1. The van der Waals surface area contributed by atoms with Crippen LogP contribution in [0, 0.1) is 0 Å². The lowest BCUT2D eigenvalue weighted by molar-refractivity contribution is 0.0995. The number of halogens is 2. The largest absolute Gasteiger partial charge is 0.493 e. The van der Waals surface area contributed by atoms with Gasteiger partial charge in [0.05, 0.1) is 12.2 Å². The summed E-state index contributed by atoms with van der Waals surface area (Å²) in [5.74, 6) is 0.110. The Morgan fingerprint density at radius 3 is 2.58 bits per heavy atom. The minimum atomic E-state index is -0.508. The molecule has 2 heterocycles. The first kappa shape index (κ1) is 24.5. The number of carbonyl (C=O) groups excluding carboxylic acids is 1. The quantitative estimate of drug-likeness (QED) is 0.237. The third-order valence-corrected chi connectivity index (χ3v) is 6.88. The highest BCUT2D eigenvalue weighted by molar-refractivity contribution is 9.10. The molecule has 1 saturated heterocycles. The predicted octanol–water partition coefficient (Wildman–Crippen LogP) is 7.32. The summed E-state index contributed by atoms with van der Waals surface area (Å²) in [5, 5.41) is 20.4. The molecule has 3 aromatic carbocycles. The van der Waals surface area contributed by atoms with Crippen molar-refractivity contribution in [2.45, 2.75) is 26.1 Å². The molecule has 184 valence electrons. The Labute approximate surface area is 222 Å². The lowest BCUT2D eigenvalue weighted by Crippen LogP contribution is -2.22. The van der Waals surface area contributed by atoms with Crippen LogP contribution in [0.1, 0.15) is 28.8 Å². The molecular formula is C27H24BrClN4O3. The molecular weight excluding hydrogens is 544 g/mol. The van der Waals surface area contributed by atoms with Crippen molar-refractivity contribution in [2.75, 3.05) is 13.1 Å². The molecule has 1 aromatic heterocycles. The van der Waals surface area contributed by atoms with Gasteiger partial charge in [0, 0.05) is 20.4 Å². The molecule has 0 aliphatic carbocycles. The van der Waals surface area contributed by atoms with Crippen molar-refractivity contribution in [1.82, 2.24) is 9.47 Å². The predicted molar refractivity (Wildman–Crippen MR) is 143 cm³/mol. The highest BCUT2D eigenvalue weighted by Crippen LogP contribution is 2.40. The van der Waals surface area contributed by atoms with Crippen molar-refractivity contribution in [3.05, 3.63) is 87.4 Å². The third kappa shape index (κ3) is 5.46. The van der Waals surface area contributed by atoms with E-state index in [0.29, 0.717) is 29.6 Å². The summed E-state index contributed by atoms with van der Waals surface area (Å²) in [7, 11) is 0.